The van der Waals surface area contributed by atoms with Crippen molar-refractivity contribution in [2.24, 2.45) is 0 Å². The summed E-state index contributed by atoms with van der Waals surface area (Å²) in [5.41, 5.74) is 0.349. The first-order valence-corrected chi connectivity index (χ1v) is 9.05. The topological polar surface area (TPSA) is 71.8 Å². The van der Waals surface area contributed by atoms with Crippen LogP contribution in [0.15, 0.2) is 39.6 Å². The summed E-state index contributed by atoms with van der Waals surface area (Å²) in [5.74, 6) is 0.910. The standard InChI is InChI=1S/C16H19FN2O4S/c1-11-3-6-15(23-11)16-10-19(7-8-22-16)14-5-4-12(9-13(14)17)24(20,21)18-2/h3-6,9,16,18H,7-8,10H2,1-2H3. The van der Waals surface area contributed by atoms with Crippen LogP contribution in [-0.2, 0) is 14.8 Å². The molecule has 8 heteroatoms. The Morgan fingerprint density at radius 2 is 2.08 bits per heavy atom. The molecule has 1 aliphatic heterocycles. The fourth-order valence-corrected chi connectivity index (χ4v) is 3.44. The number of hydrogen-bond donors (Lipinski definition) is 1. The number of hydrogen-bond acceptors (Lipinski definition) is 5. The molecule has 1 aliphatic rings. The molecule has 0 aliphatic carbocycles. The van der Waals surface area contributed by atoms with E-state index >= 15 is 0 Å². The monoisotopic (exact) mass is 354 g/mol. The van der Waals surface area contributed by atoms with E-state index in [2.05, 4.69) is 4.72 Å². The number of ether oxygens (including phenoxy) is 1. The first-order valence-electron chi connectivity index (χ1n) is 7.56. The highest BCUT2D eigenvalue weighted by Gasteiger charge is 2.26. The number of rotatable bonds is 4. The van der Waals surface area contributed by atoms with Crippen LogP contribution in [-0.4, -0.2) is 35.2 Å². The molecule has 24 heavy (non-hydrogen) atoms. The minimum absolute atomic E-state index is 0.0993. The average Bonchev–Trinajstić information content (AvgIpc) is 3.01. The van der Waals surface area contributed by atoms with Crippen molar-refractivity contribution in [1.82, 2.24) is 4.72 Å². The highest BCUT2D eigenvalue weighted by atomic mass is 32.2. The van der Waals surface area contributed by atoms with E-state index in [1.165, 1.54) is 19.2 Å². The number of benzene rings is 1. The lowest BCUT2D eigenvalue weighted by Gasteiger charge is -2.33. The number of nitrogens with one attached hydrogen (secondary N) is 1. The number of nitrogens with zero attached hydrogens (tertiary/aromatic N) is 1. The molecule has 1 N–H and O–H groups in total. The third-order valence-electron chi connectivity index (χ3n) is 3.98. The fourth-order valence-electron chi connectivity index (χ4n) is 2.70. The number of halogens is 1. The normalized spacial score (nSPS) is 18.8. The van der Waals surface area contributed by atoms with Crippen LogP contribution in [0.5, 0.6) is 0 Å². The maximum atomic E-state index is 14.4. The summed E-state index contributed by atoms with van der Waals surface area (Å²) >= 11 is 0. The average molecular weight is 354 g/mol. The quantitative estimate of drug-likeness (QED) is 0.911. The van der Waals surface area contributed by atoms with Gasteiger partial charge in [0.1, 0.15) is 23.4 Å². The van der Waals surface area contributed by atoms with Gasteiger partial charge in [0.25, 0.3) is 0 Å². The van der Waals surface area contributed by atoms with Gasteiger partial charge in [0.05, 0.1) is 23.7 Å². The summed E-state index contributed by atoms with van der Waals surface area (Å²) in [6.07, 6.45) is -0.285. The SMILES string of the molecule is CNS(=O)(=O)c1ccc(N2CCOC(c3ccc(C)o3)C2)c(F)c1. The zero-order chi connectivity index (χ0) is 17.3. The summed E-state index contributed by atoms with van der Waals surface area (Å²) < 4.78 is 51.4. The van der Waals surface area contributed by atoms with Crippen molar-refractivity contribution in [3.63, 3.8) is 0 Å². The molecule has 3 rings (SSSR count). The molecule has 0 amide bonds. The molecule has 130 valence electrons. The van der Waals surface area contributed by atoms with Crippen LogP contribution in [0.4, 0.5) is 10.1 Å². The van der Waals surface area contributed by atoms with Gasteiger partial charge >= 0.3 is 0 Å². The molecule has 1 saturated heterocycles. The van der Waals surface area contributed by atoms with Gasteiger partial charge in [-0.05, 0) is 44.3 Å². The Morgan fingerprint density at radius 1 is 1.29 bits per heavy atom. The van der Waals surface area contributed by atoms with Gasteiger partial charge < -0.3 is 14.1 Å². The highest BCUT2D eigenvalue weighted by Crippen LogP contribution is 2.29. The summed E-state index contributed by atoms with van der Waals surface area (Å²) in [4.78, 5) is 1.73. The molecule has 6 nitrogen and oxygen atoms in total. The van der Waals surface area contributed by atoms with Crippen molar-refractivity contribution in [3.05, 3.63) is 47.7 Å². The number of anilines is 1. The second-order valence-electron chi connectivity index (χ2n) is 5.57. The Morgan fingerprint density at radius 3 is 2.71 bits per heavy atom. The van der Waals surface area contributed by atoms with E-state index in [4.69, 9.17) is 9.15 Å². The van der Waals surface area contributed by atoms with Gasteiger partial charge in [-0.2, -0.15) is 0 Å². The van der Waals surface area contributed by atoms with Gasteiger partial charge in [-0.15, -0.1) is 0 Å². The maximum Gasteiger partial charge on any atom is 0.240 e. The molecule has 1 atom stereocenters. The number of furan rings is 1. The van der Waals surface area contributed by atoms with E-state index in [0.717, 1.165) is 11.8 Å². The predicted octanol–water partition coefficient (Wildman–Crippen LogP) is 2.21. The van der Waals surface area contributed by atoms with E-state index in [0.29, 0.717) is 31.1 Å². The van der Waals surface area contributed by atoms with Crippen LogP contribution in [0.1, 0.15) is 17.6 Å². The van der Waals surface area contributed by atoms with Crippen molar-refractivity contribution in [2.75, 3.05) is 31.6 Å². The Balaban J connectivity index is 1.83. The Kier molecular flexibility index (Phi) is 4.62. The second kappa shape index (κ2) is 6.54. The smallest absolute Gasteiger partial charge is 0.240 e. The second-order valence-corrected chi connectivity index (χ2v) is 7.46. The van der Waals surface area contributed by atoms with Crippen LogP contribution in [0, 0.1) is 12.7 Å². The third-order valence-corrected chi connectivity index (χ3v) is 5.40. The highest BCUT2D eigenvalue weighted by molar-refractivity contribution is 7.89. The molecule has 1 aromatic carbocycles. The van der Waals surface area contributed by atoms with E-state index < -0.39 is 15.8 Å². The molecule has 1 aromatic heterocycles. The van der Waals surface area contributed by atoms with Gasteiger partial charge in [0.15, 0.2) is 0 Å². The van der Waals surface area contributed by atoms with Crippen LogP contribution in [0.2, 0.25) is 0 Å². The van der Waals surface area contributed by atoms with Gasteiger partial charge in [0.2, 0.25) is 10.0 Å². The molecule has 2 heterocycles. The molecule has 0 bridgehead atoms. The molecule has 2 aromatic rings. The Bertz CT molecular complexity index is 834. The molecule has 1 fully saturated rings. The van der Waals surface area contributed by atoms with Crippen molar-refractivity contribution in [1.29, 1.82) is 0 Å². The molecular formula is C16H19FN2O4S. The molecule has 0 radical (unpaired) electrons. The molecular weight excluding hydrogens is 335 g/mol. The third kappa shape index (κ3) is 3.31. The number of aryl methyl sites for hydroxylation is 1. The minimum Gasteiger partial charge on any atom is -0.464 e. The first kappa shape index (κ1) is 16.9. The lowest BCUT2D eigenvalue weighted by Crippen LogP contribution is -2.38. The molecule has 0 spiro atoms. The van der Waals surface area contributed by atoms with E-state index in [9.17, 15) is 12.8 Å². The summed E-state index contributed by atoms with van der Waals surface area (Å²) in [6.45, 7) is 3.23. The van der Waals surface area contributed by atoms with Crippen LogP contribution in [0.3, 0.4) is 0 Å². The van der Waals surface area contributed by atoms with Crippen LogP contribution in [0.25, 0.3) is 0 Å². The van der Waals surface area contributed by atoms with Crippen LogP contribution >= 0.6 is 0 Å². The Hall–Kier alpha value is -1.90. The Labute approximate surface area is 140 Å². The van der Waals surface area contributed by atoms with E-state index in [1.54, 1.807) is 0 Å². The molecule has 0 saturated carbocycles. The number of sulfonamides is 1. The van der Waals surface area contributed by atoms with E-state index in [-0.39, 0.29) is 11.0 Å². The fraction of sp³-hybridized carbons (Fsp3) is 0.375. The van der Waals surface area contributed by atoms with E-state index in [1.807, 2.05) is 24.0 Å². The van der Waals surface area contributed by atoms with Crippen molar-refractivity contribution >= 4 is 15.7 Å². The molecule has 1 unspecified atom stereocenters. The van der Waals surface area contributed by atoms with Gasteiger partial charge in [-0.25, -0.2) is 17.5 Å². The summed E-state index contributed by atoms with van der Waals surface area (Å²) in [7, 11) is -2.38. The van der Waals surface area contributed by atoms with Crippen LogP contribution < -0.4 is 9.62 Å². The summed E-state index contributed by atoms with van der Waals surface area (Å²) in [6, 6.07) is 7.61. The van der Waals surface area contributed by atoms with Gasteiger partial charge in [0, 0.05) is 6.54 Å². The van der Waals surface area contributed by atoms with Crippen molar-refractivity contribution < 1.29 is 22.0 Å². The van der Waals surface area contributed by atoms with Gasteiger partial charge in [-0.1, -0.05) is 0 Å². The first-order chi connectivity index (χ1) is 11.4. The summed E-state index contributed by atoms with van der Waals surface area (Å²) in [5, 5.41) is 0. The lowest BCUT2D eigenvalue weighted by molar-refractivity contribution is 0.0251. The van der Waals surface area contributed by atoms with Gasteiger partial charge in [-0.3, -0.25) is 0 Å². The largest absolute Gasteiger partial charge is 0.464 e. The zero-order valence-electron chi connectivity index (χ0n) is 13.5. The van der Waals surface area contributed by atoms with Crippen molar-refractivity contribution in [3.8, 4) is 0 Å². The van der Waals surface area contributed by atoms with Crippen molar-refractivity contribution in [2.45, 2.75) is 17.9 Å². The number of morpholine rings is 1. The predicted molar refractivity (Wildman–Crippen MR) is 87.0 cm³/mol. The lowest BCUT2D eigenvalue weighted by atomic mass is 10.2. The minimum atomic E-state index is -3.67. The zero-order valence-corrected chi connectivity index (χ0v) is 14.3. The maximum absolute atomic E-state index is 14.4.